The highest BCUT2D eigenvalue weighted by molar-refractivity contribution is 6.33. The molecule has 0 saturated carbocycles. The van der Waals surface area contributed by atoms with Crippen molar-refractivity contribution in [2.24, 2.45) is 5.92 Å². The summed E-state index contributed by atoms with van der Waals surface area (Å²) in [6.07, 6.45) is 3.59. The summed E-state index contributed by atoms with van der Waals surface area (Å²) >= 11 is 5.83. The number of piperidine rings is 1. The SMILES string of the molecule is COCC1CCCN(c2cc(C(=O)O)c(Cl)cn2)C1. The van der Waals surface area contributed by atoms with Crippen LogP contribution in [0.25, 0.3) is 0 Å². The van der Waals surface area contributed by atoms with Crippen molar-refractivity contribution in [3.05, 3.63) is 22.8 Å². The molecule has 1 N–H and O–H groups in total. The molecule has 5 nitrogen and oxygen atoms in total. The molecule has 0 aromatic carbocycles. The zero-order chi connectivity index (χ0) is 13.8. The number of hydrogen-bond donors (Lipinski definition) is 1. The Morgan fingerprint density at radius 1 is 1.68 bits per heavy atom. The van der Waals surface area contributed by atoms with Gasteiger partial charge in [0.1, 0.15) is 5.82 Å². The van der Waals surface area contributed by atoms with Crippen LogP contribution in [0.3, 0.4) is 0 Å². The van der Waals surface area contributed by atoms with Crippen LogP contribution in [-0.2, 0) is 4.74 Å². The molecule has 0 spiro atoms. The van der Waals surface area contributed by atoms with E-state index >= 15 is 0 Å². The van der Waals surface area contributed by atoms with Crippen LogP contribution < -0.4 is 4.90 Å². The predicted octanol–water partition coefficient (Wildman–Crippen LogP) is 2.30. The number of aromatic carboxylic acids is 1. The molecular formula is C13H17ClN2O3. The smallest absolute Gasteiger partial charge is 0.337 e. The molecule has 2 heterocycles. The van der Waals surface area contributed by atoms with Crippen LogP contribution in [0.4, 0.5) is 5.82 Å². The second-order valence-electron chi connectivity index (χ2n) is 4.74. The number of carboxylic acids is 1. The topological polar surface area (TPSA) is 62.7 Å². The van der Waals surface area contributed by atoms with E-state index in [2.05, 4.69) is 9.88 Å². The van der Waals surface area contributed by atoms with Crippen LogP contribution >= 0.6 is 11.6 Å². The second kappa shape index (κ2) is 6.21. The Balaban J connectivity index is 2.17. The van der Waals surface area contributed by atoms with Gasteiger partial charge in [0.05, 0.1) is 17.2 Å². The minimum absolute atomic E-state index is 0.0977. The van der Waals surface area contributed by atoms with Gasteiger partial charge in [-0.15, -0.1) is 0 Å². The largest absolute Gasteiger partial charge is 0.478 e. The fraction of sp³-hybridized carbons (Fsp3) is 0.538. The molecule has 1 fully saturated rings. The van der Waals surface area contributed by atoms with Crippen molar-refractivity contribution in [1.82, 2.24) is 4.98 Å². The zero-order valence-corrected chi connectivity index (χ0v) is 11.6. The van der Waals surface area contributed by atoms with Crippen molar-refractivity contribution < 1.29 is 14.6 Å². The van der Waals surface area contributed by atoms with Crippen molar-refractivity contribution in [3.63, 3.8) is 0 Å². The summed E-state index contributed by atoms with van der Waals surface area (Å²) in [7, 11) is 1.70. The van der Waals surface area contributed by atoms with Gasteiger partial charge in [-0.3, -0.25) is 0 Å². The standard InChI is InChI=1S/C13H17ClN2O3/c1-19-8-9-3-2-4-16(7-9)12-5-10(13(17)18)11(14)6-15-12/h5-6,9H,2-4,7-8H2,1H3,(H,17,18). The number of ether oxygens (including phenoxy) is 1. The van der Waals surface area contributed by atoms with E-state index in [0.29, 0.717) is 11.7 Å². The van der Waals surface area contributed by atoms with E-state index in [1.807, 2.05) is 0 Å². The third-order valence-corrected chi connectivity index (χ3v) is 3.62. The highest BCUT2D eigenvalue weighted by Crippen LogP contribution is 2.25. The highest BCUT2D eigenvalue weighted by atomic mass is 35.5. The van der Waals surface area contributed by atoms with E-state index < -0.39 is 5.97 Å². The molecule has 104 valence electrons. The van der Waals surface area contributed by atoms with Crippen molar-refractivity contribution in [1.29, 1.82) is 0 Å². The molecule has 1 saturated heterocycles. The summed E-state index contributed by atoms with van der Waals surface area (Å²) in [5.41, 5.74) is 0.0977. The molecule has 0 aliphatic carbocycles. The lowest BCUT2D eigenvalue weighted by molar-refractivity contribution is 0.0697. The fourth-order valence-electron chi connectivity index (χ4n) is 2.41. The third kappa shape index (κ3) is 3.36. The van der Waals surface area contributed by atoms with Gasteiger partial charge < -0.3 is 14.7 Å². The Kier molecular flexibility index (Phi) is 4.61. The van der Waals surface area contributed by atoms with Gasteiger partial charge in [-0.25, -0.2) is 9.78 Å². The number of carbonyl (C=O) groups is 1. The van der Waals surface area contributed by atoms with Crippen LogP contribution in [0.1, 0.15) is 23.2 Å². The van der Waals surface area contributed by atoms with Crippen LogP contribution in [0.5, 0.6) is 0 Å². The maximum atomic E-state index is 11.1. The molecule has 0 bridgehead atoms. The average molecular weight is 285 g/mol. The van der Waals surface area contributed by atoms with Gasteiger partial charge in [-0.1, -0.05) is 11.6 Å². The van der Waals surface area contributed by atoms with Gasteiger partial charge in [0.2, 0.25) is 0 Å². The Labute approximate surface area is 117 Å². The molecule has 1 aliphatic rings. The molecule has 6 heteroatoms. The minimum atomic E-state index is -1.03. The first-order valence-electron chi connectivity index (χ1n) is 6.24. The van der Waals surface area contributed by atoms with Crippen LogP contribution in [0, 0.1) is 5.92 Å². The van der Waals surface area contributed by atoms with E-state index in [9.17, 15) is 4.79 Å². The monoisotopic (exact) mass is 284 g/mol. The summed E-state index contributed by atoms with van der Waals surface area (Å²) < 4.78 is 5.18. The number of halogens is 1. The molecule has 1 aliphatic heterocycles. The fourth-order valence-corrected chi connectivity index (χ4v) is 2.59. The van der Waals surface area contributed by atoms with Crippen molar-refractivity contribution in [2.45, 2.75) is 12.8 Å². The number of rotatable bonds is 4. The molecule has 1 aromatic rings. The highest BCUT2D eigenvalue weighted by Gasteiger charge is 2.22. The zero-order valence-electron chi connectivity index (χ0n) is 10.8. The van der Waals surface area contributed by atoms with E-state index in [4.69, 9.17) is 21.4 Å². The molecule has 0 amide bonds. The lowest BCUT2D eigenvalue weighted by Gasteiger charge is -2.33. The molecular weight excluding hydrogens is 268 g/mol. The first-order chi connectivity index (χ1) is 9.11. The lowest BCUT2D eigenvalue weighted by atomic mass is 9.99. The summed E-state index contributed by atoms with van der Waals surface area (Å²) in [4.78, 5) is 17.4. The van der Waals surface area contributed by atoms with Gasteiger partial charge >= 0.3 is 5.97 Å². The number of hydrogen-bond acceptors (Lipinski definition) is 4. The lowest BCUT2D eigenvalue weighted by Crippen LogP contribution is -2.37. The Morgan fingerprint density at radius 2 is 2.47 bits per heavy atom. The molecule has 1 atom stereocenters. The summed E-state index contributed by atoms with van der Waals surface area (Å²) in [6.45, 7) is 2.44. The normalized spacial score (nSPS) is 19.5. The van der Waals surface area contributed by atoms with Gasteiger partial charge in [0.25, 0.3) is 0 Å². The maximum Gasteiger partial charge on any atom is 0.337 e. The van der Waals surface area contributed by atoms with Crippen LogP contribution in [0.2, 0.25) is 5.02 Å². The molecule has 2 rings (SSSR count). The first-order valence-corrected chi connectivity index (χ1v) is 6.62. The third-order valence-electron chi connectivity index (χ3n) is 3.32. The summed E-state index contributed by atoms with van der Waals surface area (Å²) in [6, 6.07) is 1.54. The Hall–Kier alpha value is -1.33. The quantitative estimate of drug-likeness (QED) is 0.919. The van der Waals surface area contributed by atoms with Gasteiger partial charge in [0.15, 0.2) is 0 Å². The molecule has 0 radical (unpaired) electrons. The van der Waals surface area contributed by atoms with E-state index in [1.165, 1.54) is 6.20 Å². The minimum Gasteiger partial charge on any atom is -0.478 e. The first kappa shape index (κ1) is 14.1. The second-order valence-corrected chi connectivity index (χ2v) is 5.14. The van der Waals surface area contributed by atoms with Crippen molar-refractivity contribution >= 4 is 23.4 Å². The van der Waals surface area contributed by atoms with Gasteiger partial charge in [-0.2, -0.15) is 0 Å². The molecule has 1 unspecified atom stereocenters. The number of anilines is 1. The maximum absolute atomic E-state index is 11.1. The summed E-state index contributed by atoms with van der Waals surface area (Å²) in [5, 5.41) is 9.24. The van der Waals surface area contributed by atoms with Crippen LogP contribution in [-0.4, -0.2) is 42.9 Å². The van der Waals surface area contributed by atoms with Gasteiger partial charge in [0, 0.05) is 26.4 Å². The number of aromatic nitrogens is 1. The number of carboxylic acid groups (broad SMARTS) is 1. The number of methoxy groups -OCH3 is 1. The molecule has 1 aromatic heterocycles. The van der Waals surface area contributed by atoms with E-state index in [-0.39, 0.29) is 10.6 Å². The van der Waals surface area contributed by atoms with Gasteiger partial charge in [-0.05, 0) is 24.8 Å². The van der Waals surface area contributed by atoms with Crippen molar-refractivity contribution in [3.8, 4) is 0 Å². The Bertz CT molecular complexity index is 465. The number of pyridine rings is 1. The average Bonchev–Trinajstić information content (AvgIpc) is 2.39. The Morgan fingerprint density at radius 3 is 3.16 bits per heavy atom. The summed E-state index contributed by atoms with van der Waals surface area (Å²) in [5.74, 6) is 0.103. The van der Waals surface area contributed by atoms with Crippen molar-refractivity contribution in [2.75, 3.05) is 31.7 Å². The van der Waals surface area contributed by atoms with Crippen LogP contribution in [0.15, 0.2) is 12.3 Å². The molecule has 19 heavy (non-hydrogen) atoms. The van der Waals surface area contributed by atoms with E-state index in [1.54, 1.807) is 13.2 Å². The van der Waals surface area contributed by atoms with E-state index in [0.717, 1.165) is 32.5 Å². The predicted molar refractivity (Wildman–Crippen MR) is 73.0 cm³/mol. The number of nitrogens with zero attached hydrogens (tertiary/aromatic N) is 2.